The molecule has 3 heteroatoms. The molecule has 1 saturated carbocycles. The van der Waals surface area contributed by atoms with Crippen LogP contribution in [0.25, 0.3) is 0 Å². The van der Waals surface area contributed by atoms with E-state index in [4.69, 9.17) is 0 Å². The summed E-state index contributed by atoms with van der Waals surface area (Å²) in [6.07, 6.45) is 7.04. The summed E-state index contributed by atoms with van der Waals surface area (Å²) in [5.41, 5.74) is 0.874. The van der Waals surface area contributed by atoms with Crippen LogP contribution in [0.1, 0.15) is 18.4 Å². The summed E-state index contributed by atoms with van der Waals surface area (Å²) >= 11 is 0. The molecule has 1 aliphatic rings. The van der Waals surface area contributed by atoms with E-state index in [9.17, 15) is 5.21 Å². The molecule has 0 aliphatic heterocycles. The first-order chi connectivity index (χ1) is 5.86. The van der Waals surface area contributed by atoms with E-state index >= 15 is 0 Å². The third-order valence-corrected chi connectivity index (χ3v) is 1.87. The molecular weight excluding hydrogens is 152 g/mol. The zero-order valence-corrected chi connectivity index (χ0v) is 6.68. The first-order valence-electron chi connectivity index (χ1n) is 4.06. The molecule has 0 unspecified atom stereocenters. The van der Waals surface area contributed by atoms with E-state index in [1.165, 1.54) is 0 Å². The smallest absolute Gasteiger partial charge is 0.183 e. The van der Waals surface area contributed by atoms with E-state index in [2.05, 4.69) is 4.98 Å². The second-order valence-corrected chi connectivity index (χ2v) is 3.01. The Labute approximate surface area is 71.0 Å². The van der Waals surface area contributed by atoms with Gasteiger partial charge in [-0.1, -0.05) is 0 Å². The van der Waals surface area contributed by atoms with Gasteiger partial charge in [0.15, 0.2) is 12.3 Å². The van der Waals surface area contributed by atoms with Crippen molar-refractivity contribution in [1.82, 2.24) is 4.98 Å². The molecule has 1 aromatic heterocycles. The highest BCUT2D eigenvalue weighted by atomic mass is 16.5. The predicted octanol–water partition coefficient (Wildman–Crippen LogP) is 1.17. The zero-order valence-electron chi connectivity index (χ0n) is 6.68. The van der Waals surface area contributed by atoms with E-state index in [0.29, 0.717) is 0 Å². The van der Waals surface area contributed by atoms with Crippen molar-refractivity contribution in [3.8, 4) is 0 Å². The molecule has 3 nitrogen and oxygen atoms in total. The molecule has 0 amide bonds. The third-order valence-electron chi connectivity index (χ3n) is 1.87. The molecule has 62 valence electrons. The Bertz CT molecular complexity index is 291. The fourth-order valence-electron chi connectivity index (χ4n) is 1.03. The third kappa shape index (κ3) is 1.61. The van der Waals surface area contributed by atoms with E-state index < -0.39 is 0 Å². The quantitative estimate of drug-likeness (QED) is 0.283. The summed E-state index contributed by atoms with van der Waals surface area (Å²) in [7, 11) is 0. The summed E-state index contributed by atoms with van der Waals surface area (Å²) in [6, 6.07) is 3.93. The van der Waals surface area contributed by atoms with Crippen LogP contribution in [0.2, 0.25) is 0 Å². The number of aromatic nitrogens is 1. The number of rotatable bonds is 2. The molecule has 0 bridgehead atoms. The standard InChI is InChI=1S/C9H10N2O/c12-11(9-3-4-9)7-8-2-1-5-10-6-8/h1-2,5-7,9H,3-4H2/b11-7+. The minimum absolute atomic E-state index is 0.227. The monoisotopic (exact) mass is 162 g/mol. The van der Waals surface area contributed by atoms with E-state index in [1.807, 2.05) is 12.1 Å². The molecule has 12 heavy (non-hydrogen) atoms. The van der Waals surface area contributed by atoms with Crippen molar-refractivity contribution >= 4 is 6.21 Å². The minimum atomic E-state index is 0.227. The lowest BCUT2D eigenvalue weighted by molar-refractivity contribution is -0.467. The Kier molecular flexibility index (Phi) is 1.78. The highest BCUT2D eigenvalue weighted by molar-refractivity contribution is 5.74. The molecule has 1 aromatic rings. The number of pyridine rings is 1. The molecule has 1 fully saturated rings. The second-order valence-electron chi connectivity index (χ2n) is 3.01. The van der Waals surface area contributed by atoms with Gasteiger partial charge in [-0.25, -0.2) is 4.74 Å². The number of hydrogen-bond acceptors (Lipinski definition) is 2. The topological polar surface area (TPSA) is 39.0 Å². The van der Waals surface area contributed by atoms with Gasteiger partial charge < -0.3 is 5.21 Å². The van der Waals surface area contributed by atoms with Crippen molar-refractivity contribution in [3.63, 3.8) is 0 Å². The molecule has 1 aliphatic carbocycles. The van der Waals surface area contributed by atoms with Crippen LogP contribution in [-0.2, 0) is 0 Å². The average Bonchev–Trinajstić information content (AvgIpc) is 2.88. The van der Waals surface area contributed by atoms with Gasteiger partial charge in [-0.2, -0.15) is 0 Å². The Hall–Kier alpha value is -1.38. The molecule has 0 atom stereocenters. The van der Waals surface area contributed by atoms with Crippen molar-refractivity contribution in [2.24, 2.45) is 0 Å². The highest BCUT2D eigenvalue weighted by Gasteiger charge is 2.29. The van der Waals surface area contributed by atoms with Gasteiger partial charge in [0, 0.05) is 25.2 Å². The molecule has 2 rings (SSSR count). The van der Waals surface area contributed by atoms with Crippen LogP contribution in [0.3, 0.4) is 0 Å². The van der Waals surface area contributed by atoms with Crippen molar-refractivity contribution in [2.75, 3.05) is 0 Å². The molecule has 0 saturated heterocycles. The van der Waals surface area contributed by atoms with Crippen LogP contribution in [-0.4, -0.2) is 22.0 Å². The summed E-state index contributed by atoms with van der Waals surface area (Å²) in [4.78, 5) is 3.92. The molecule has 0 spiro atoms. The van der Waals surface area contributed by atoms with Gasteiger partial charge in [-0.3, -0.25) is 4.98 Å². The lowest BCUT2D eigenvalue weighted by Crippen LogP contribution is -2.07. The zero-order chi connectivity index (χ0) is 8.39. The van der Waals surface area contributed by atoms with Crippen LogP contribution in [0.5, 0.6) is 0 Å². The van der Waals surface area contributed by atoms with Gasteiger partial charge in [-0.05, 0) is 12.1 Å². The Morgan fingerprint density at radius 3 is 3.00 bits per heavy atom. The van der Waals surface area contributed by atoms with E-state index in [1.54, 1.807) is 18.6 Å². The first kappa shape index (κ1) is 7.28. The molecule has 1 heterocycles. The van der Waals surface area contributed by atoms with Crippen LogP contribution >= 0.6 is 0 Å². The first-order valence-corrected chi connectivity index (χ1v) is 4.06. The maximum Gasteiger partial charge on any atom is 0.183 e. The van der Waals surface area contributed by atoms with Crippen LogP contribution in [0, 0.1) is 5.21 Å². The maximum atomic E-state index is 11.2. The predicted molar refractivity (Wildman–Crippen MR) is 46.1 cm³/mol. The lowest BCUT2D eigenvalue weighted by atomic mass is 10.3. The van der Waals surface area contributed by atoms with Crippen molar-refractivity contribution in [1.29, 1.82) is 0 Å². The minimum Gasteiger partial charge on any atom is -0.624 e. The second kappa shape index (κ2) is 2.93. The Morgan fingerprint density at radius 1 is 1.58 bits per heavy atom. The van der Waals surface area contributed by atoms with Gasteiger partial charge in [0.05, 0.1) is 5.56 Å². The Morgan fingerprint density at radius 2 is 2.42 bits per heavy atom. The van der Waals surface area contributed by atoms with Crippen LogP contribution < -0.4 is 0 Å². The fraction of sp³-hybridized carbons (Fsp3) is 0.333. The van der Waals surface area contributed by atoms with Crippen LogP contribution in [0.4, 0.5) is 0 Å². The van der Waals surface area contributed by atoms with Crippen LogP contribution in [0.15, 0.2) is 24.5 Å². The SMILES string of the molecule is [O-]/[N+](=C/c1cccnc1)C1CC1. The van der Waals surface area contributed by atoms with Gasteiger partial charge in [0.25, 0.3) is 0 Å². The maximum absolute atomic E-state index is 11.2. The molecular formula is C9H10N2O. The van der Waals surface area contributed by atoms with Gasteiger partial charge in [0.1, 0.15) is 0 Å². The Balaban J connectivity index is 2.15. The number of nitrogens with zero attached hydrogens (tertiary/aromatic N) is 2. The van der Waals surface area contributed by atoms with Gasteiger partial charge in [0.2, 0.25) is 0 Å². The van der Waals surface area contributed by atoms with Crippen molar-refractivity contribution in [2.45, 2.75) is 18.9 Å². The summed E-state index contributed by atoms with van der Waals surface area (Å²) < 4.78 is 1.02. The van der Waals surface area contributed by atoms with E-state index in [-0.39, 0.29) is 6.04 Å². The largest absolute Gasteiger partial charge is 0.624 e. The summed E-state index contributed by atoms with van der Waals surface area (Å²) in [5.74, 6) is 0. The number of hydrogen-bond donors (Lipinski definition) is 0. The summed E-state index contributed by atoms with van der Waals surface area (Å²) in [6.45, 7) is 0. The normalized spacial score (nSPS) is 17.8. The lowest BCUT2D eigenvalue weighted by Gasteiger charge is -1.99. The number of hydroxylamine groups is 1. The van der Waals surface area contributed by atoms with Gasteiger partial charge in [-0.15, -0.1) is 0 Å². The molecule has 0 N–H and O–H groups in total. The average molecular weight is 162 g/mol. The fourth-order valence-corrected chi connectivity index (χ4v) is 1.03. The summed E-state index contributed by atoms with van der Waals surface area (Å²) in [5, 5.41) is 11.2. The molecule has 0 aromatic carbocycles. The van der Waals surface area contributed by atoms with Gasteiger partial charge >= 0.3 is 0 Å². The van der Waals surface area contributed by atoms with Crippen molar-refractivity contribution in [3.05, 3.63) is 35.3 Å². The highest BCUT2D eigenvalue weighted by Crippen LogP contribution is 2.22. The van der Waals surface area contributed by atoms with E-state index in [0.717, 1.165) is 23.1 Å². The molecule has 0 radical (unpaired) electrons. The van der Waals surface area contributed by atoms with Crippen molar-refractivity contribution < 1.29 is 4.74 Å².